The molecule has 2 aromatic carbocycles. The number of amides is 1. The molecule has 16 heteroatoms. The second-order valence-corrected chi connectivity index (χ2v) is 9.58. The number of hydrogen-bond acceptors (Lipinski definition) is 6. The van der Waals surface area contributed by atoms with E-state index in [2.05, 4.69) is 20.9 Å². The minimum atomic E-state index is -5.08. The zero-order chi connectivity index (χ0) is 31.7. The van der Waals surface area contributed by atoms with Crippen LogP contribution in [0.5, 0.6) is 5.75 Å². The Morgan fingerprint density at radius 1 is 0.905 bits per heavy atom. The Bertz CT molecular complexity index is 1340. The largest absolute Gasteiger partial charge is 0.490 e. The molecule has 0 aliphatic carbocycles. The third kappa shape index (κ3) is 10.8. The molecule has 2 heterocycles. The second kappa shape index (κ2) is 14.8. The van der Waals surface area contributed by atoms with E-state index in [4.69, 9.17) is 30.3 Å². The van der Waals surface area contributed by atoms with Crippen molar-refractivity contribution in [2.45, 2.75) is 37.3 Å². The number of hydrogen-bond donors (Lipinski definition) is 3. The van der Waals surface area contributed by atoms with Crippen molar-refractivity contribution in [3.63, 3.8) is 0 Å². The highest BCUT2D eigenvalue weighted by Gasteiger charge is 2.39. The SMILES string of the molecule is NC(C(=O)N1CCC(Oc2ccc3cnccc3c2)CC1)c1ccc(Br)cc1.O=C(O)C(F)(F)F.O=C(O)C(F)(F)F. The Hall–Kier alpha value is -3.92. The number of nitrogens with two attached hydrogens (primary N) is 1. The van der Waals surface area contributed by atoms with Gasteiger partial charge in [0.1, 0.15) is 17.9 Å². The summed E-state index contributed by atoms with van der Waals surface area (Å²) in [4.78, 5) is 36.5. The highest BCUT2D eigenvalue weighted by molar-refractivity contribution is 9.10. The molecular weight excluding hydrogens is 644 g/mol. The number of alkyl halides is 6. The number of benzene rings is 2. The Balaban J connectivity index is 0.000000367. The van der Waals surface area contributed by atoms with Crippen LogP contribution in [-0.4, -0.2) is 69.5 Å². The van der Waals surface area contributed by atoms with Gasteiger partial charge in [-0.05, 0) is 47.3 Å². The number of nitrogens with zero attached hydrogens (tertiary/aromatic N) is 2. The average Bonchev–Trinajstić information content (AvgIpc) is 2.93. The van der Waals surface area contributed by atoms with Gasteiger partial charge < -0.3 is 25.6 Å². The highest BCUT2D eigenvalue weighted by atomic mass is 79.9. The van der Waals surface area contributed by atoms with E-state index in [1.165, 1.54) is 0 Å². The summed E-state index contributed by atoms with van der Waals surface area (Å²) >= 11 is 3.40. The van der Waals surface area contributed by atoms with Crippen LogP contribution < -0.4 is 10.5 Å². The summed E-state index contributed by atoms with van der Waals surface area (Å²) in [6, 6.07) is 15.0. The number of ether oxygens (including phenoxy) is 1. The minimum absolute atomic E-state index is 0.0287. The number of aromatic nitrogens is 1. The Labute approximate surface area is 243 Å². The summed E-state index contributed by atoms with van der Waals surface area (Å²) < 4.78 is 70.6. The number of rotatable bonds is 4. The fourth-order valence-electron chi connectivity index (χ4n) is 3.53. The number of piperidine rings is 1. The maximum Gasteiger partial charge on any atom is 0.490 e. The van der Waals surface area contributed by atoms with Gasteiger partial charge in [-0.15, -0.1) is 0 Å². The molecule has 1 saturated heterocycles. The third-order valence-corrected chi connectivity index (χ3v) is 6.18. The lowest BCUT2D eigenvalue weighted by Crippen LogP contribution is -2.45. The smallest absolute Gasteiger partial charge is 0.490 e. The summed E-state index contributed by atoms with van der Waals surface area (Å²) in [6.45, 7) is 1.32. The third-order valence-electron chi connectivity index (χ3n) is 5.65. The first-order chi connectivity index (χ1) is 19.5. The van der Waals surface area contributed by atoms with Gasteiger partial charge in [-0.25, -0.2) is 9.59 Å². The lowest BCUT2D eigenvalue weighted by Gasteiger charge is -2.33. The van der Waals surface area contributed by atoms with E-state index < -0.39 is 30.3 Å². The minimum Gasteiger partial charge on any atom is -0.490 e. The number of pyridine rings is 1. The number of carboxylic acid groups (broad SMARTS) is 2. The zero-order valence-corrected chi connectivity index (χ0v) is 23.0. The predicted molar refractivity (Wildman–Crippen MR) is 140 cm³/mol. The van der Waals surface area contributed by atoms with E-state index in [1.54, 1.807) is 6.20 Å². The fraction of sp³-hybridized carbons (Fsp3) is 0.308. The van der Waals surface area contributed by atoms with Crippen molar-refractivity contribution < 1.29 is 55.7 Å². The topological polar surface area (TPSA) is 143 Å². The molecule has 228 valence electrons. The van der Waals surface area contributed by atoms with Gasteiger partial charge in [-0.1, -0.05) is 28.1 Å². The predicted octanol–water partition coefficient (Wildman–Crippen LogP) is 5.33. The van der Waals surface area contributed by atoms with Crippen LogP contribution in [0.2, 0.25) is 0 Å². The van der Waals surface area contributed by atoms with E-state index in [1.807, 2.05) is 59.6 Å². The highest BCUT2D eigenvalue weighted by Crippen LogP contribution is 2.25. The van der Waals surface area contributed by atoms with Gasteiger partial charge in [-0.3, -0.25) is 9.78 Å². The van der Waals surface area contributed by atoms with Gasteiger partial charge >= 0.3 is 24.3 Å². The lowest BCUT2D eigenvalue weighted by molar-refractivity contribution is -0.193. The molecule has 0 spiro atoms. The maximum atomic E-state index is 12.7. The molecule has 1 unspecified atom stereocenters. The molecule has 4 N–H and O–H groups in total. The van der Waals surface area contributed by atoms with E-state index in [-0.39, 0.29) is 12.0 Å². The van der Waals surface area contributed by atoms with Crippen LogP contribution >= 0.6 is 15.9 Å². The van der Waals surface area contributed by atoms with Crippen LogP contribution in [-0.2, 0) is 14.4 Å². The van der Waals surface area contributed by atoms with Gasteiger partial charge in [-0.2, -0.15) is 26.3 Å². The molecule has 1 aromatic heterocycles. The monoisotopic (exact) mass is 667 g/mol. The van der Waals surface area contributed by atoms with E-state index in [0.29, 0.717) is 13.1 Å². The quantitative estimate of drug-likeness (QED) is 0.317. The molecule has 0 radical (unpaired) electrons. The zero-order valence-electron chi connectivity index (χ0n) is 21.4. The summed E-state index contributed by atoms with van der Waals surface area (Å²) in [5.74, 6) is -4.69. The first kappa shape index (κ1) is 34.3. The molecule has 9 nitrogen and oxygen atoms in total. The Kier molecular flexibility index (Phi) is 12.1. The van der Waals surface area contributed by atoms with E-state index in [0.717, 1.165) is 39.4 Å². The van der Waals surface area contributed by atoms with Gasteiger partial charge in [0.2, 0.25) is 5.91 Å². The van der Waals surface area contributed by atoms with Crippen molar-refractivity contribution >= 4 is 44.5 Å². The maximum absolute atomic E-state index is 12.7. The van der Waals surface area contributed by atoms with Gasteiger partial charge in [0.05, 0.1) is 0 Å². The Morgan fingerprint density at radius 2 is 1.43 bits per heavy atom. The lowest BCUT2D eigenvalue weighted by atomic mass is 10.0. The van der Waals surface area contributed by atoms with Crippen molar-refractivity contribution in [1.82, 2.24) is 9.88 Å². The van der Waals surface area contributed by atoms with E-state index >= 15 is 0 Å². The molecule has 1 fully saturated rings. The molecule has 1 amide bonds. The molecule has 0 bridgehead atoms. The number of fused-ring (bicyclic) bond motifs is 1. The van der Waals surface area contributed by atoms with Crippen LogP contribution in [0.25, 0.3) is 10.8 Å². The van der Waals surface area contributed by atoms with Gasteiger partial charge in [0.25, 0.3) is 0 Å². The van der Waals surface area contributed by atoms with Crippen LogP contribution in [0, 0.1) is 0 Å². The van der Waals surface area contributed by atoms with Crippen LogP contribution in [0.4, 0.5) is 26.3 Å². The number of carboxylic acids is 2. The fourth-order valence-corrected chi connectivity index (χ4v) is 3.79. The van der Waals surface area contributed by atoms with Crippen LogP contribution in [0.15, 0.2) is 65.4 Å². The molecule has 1 aliphatic rings. The Morgan fingerprint density at radius 3 is 1.93 bits per heavy atom. The number of carbonyl (C=O) groups is 3. The van der Waals surface area contributed by atoms with Crippen LogP contribution in [0.1, 0.15) is 24.4 Å². The van der Waals surface area contributed by atoms with Crippen molar-refractivity contribution in [2.24, 2.45) is 5.73 Å². The molecule has 42 heavy (non-hydrogen) atoms. The van der Waals surface area contributed by atoms with Crippen molar-refractivity contribution in [3.8, 4) is 5.75 Å². The molecule has 0 saturated carbocycles. The number of likely N-dealkylation sites (tertiary alicyclic amines) is 1. The van der Waals surface area contributed by atoms with Gasteiger partial charge in [0, 0.05) is 48.2 Å². The number of halogens is 7. The second-order valence-electron chi connectivity index (χ2n) is 8.66. The van der Waals surface area contributed by atoms with Crippen molar-refractivity contribution in [2.75, 3.05) is 13.1 Å². The molecule has 4 rings (SSSR count). The molecular formula is C26H24BrF6N3O6. The number of aliphatic carboxylic acids is 2. The summed E-state index contributed by atoms with van der Waals surface area (Å²) in [6.07, 6.45) is -4.84. The first-order valence-corrected chi connectivity index (χ1v) is 12.7. The van der Waals surface area contributed by atoms with Crippen molar-refractivity contribution in [1.29, 1.82) is 0 Å². The summed E-state index contributed by atoms with van der Waals surface area (Å²) in [7, 11) is 0. The molecule has 1 atom stereocenters. The summed E-state index contributed by atoms with van der Waals surface area (Å²) in [5, 5.41) is 16.5. The average molecular weight is 668 g/mol. The first-order valence-electron chi connectivity index (χ1n) is 11.9. The van der Waals surface area contributed by atoms with Crippen LogP contribution in [0.3, 0.4) is 0 Å². The van der Waals surface area contributed by atoms with E-state index in [9.17, 15) is 31.1 Å². The normalized spacial score (nSPS) is 14.5. The summed E-state index contributed by atoms with van der Waals surface area (Å²) in [5.41, 5.74) is 7.02. The van der Waals surface area contributed by atoms with Crippen molar-refractivity contribution in [3.05, 3.63) is 71.0 Å². The molecule has 1 aliphatic heterocycles. The standard InChI is InChI=1S/C22H22BrN3O2.2C2HF3O2/c23-18-4-1-15(2-5-18)21(24)22(27)26-11-8-19(9-12-26)28-20-6-3-17-14-25-10-7-16(17)13-20;2*3-2(4,5)1(6)7/h1-7,10,13-14,19,21H,8-9,11-12,24H2;2*(H,6,7). The van der Waals surface area contributed by atoms with Gasteiger partial charge in [0.15, 0.2) is 0 Å². The number of carbonyl (C=O) groups excluding carboxylic acids is 1. The molecule has 3 aromatic rings.